The van der Waals surface area contributed by atoms with Crippen molar-refractivity contribution < 1.29 is 13.2 Å². The number of nitrogens with one attached hydrogen (secondary N) is 3. The first kappa shape index (κ1) is 16.6. The summed E-state index contributed by atoms with van der Waals surface area (Å²) in [6.07, 6.45) is 5.51. The number of urea groups is 1. The molecule has 6 nitrogen and oxygen atoms in total. The van der Waals surface area contributed by atoms with E-state index in [1.807, 2.05) is 6.07 Å². The van der Waals surface area contributed by atoms with Crippen molar-refractivity contribution in [3.8, 4) is 0 Å². The predicted octanol–water partition coefficient (Wildman–Crippen LogP) is 2.06. The lowest BCUT2D eigenvalue weighted by molar-refractivity contribution is 0.233. The molecule has 1 aliphatic rings. The van der Waals surface area contributed by atoms with Crippen LogP contribution in [-0.2, 0) is 10.0 Å². The summed E-state index contributed by atoms with van der Waals surface area (Å²) in [5.74, 6) is -0.153. The second kappa shape index (κ2) is 8.03. The molecule has 2 amide bonds. The van der Waals surface area contributed by atoms with Gasteiger partial charge in [0.05, 0.1) is 5.75 Å². The van der Waals surface area contributed by atoms with E-state index in [-0.39, 0.29) is 24.4 Å². The second-order valence-corrected chi connectivity index (χ2v) is 7.36. The molecule has 1 fully saturated rings. The summed E-state index contributed by atoms with van der Waals surface area (Å²) in [5.41, 5.74) is 0.522. The third kappa shape index (κ3) is 5.93. The first-order valence-electron chi connectivity index (χ1n) is 7.65. The van der Waals surface area contributed by atoms with Gasteiger partial charge in [0, 0.05) is 18.3 Å². The van der Waals surface area contributed by atoms with Gasteiger partial charge in [-0.15, -0.1) is 0 Å². The minimum Gasteiger partial charge on any atom is -0.337 e. The fourth-order valence-electron chi connectivity index (χ4n) is 2.52. The maximum Gasteiger partial charge on any atom is 0.315 e. The Balaban J connectivity index is 1.69. The molecule has 0 aromatic heterocycles. The monoisotopic (exact) mass is 325 g/mol. The Morgan fingerprint density at radius 2 is 1.77 bits per heavy atom. The van der Waals surface area contributed by atoms with Crippen molar-refractivity contribution in [3.63, 3.8) is 0 Å². The molecule has 0 aliphatic heterocycles. The van der Waals surface area contributed by atoms with Crippen LogP contribution in [0.2, 0.25) is 0 Å². The van der Waals surface area contributed by atoms with Crippen molar-refractivity contribution in [3.05, 3.63) is 30.3 Å². The van der Waals surface area contributed by atoms with Gasteiger partial charge >= 0.3 is 6.03 Å². The molecule has 2 rings (SSSR count). The average Bonchev–Trinajstić information content (AvgIpc) is 2.48. The number of anilines is 1. The Hall–Kier alpha value is -1.76. The number of hydrogen-bond acceptors (Lipinski definition) is 3. The van der Waals surface area contributed by atoms with Gasteiger partial charge in [-0.05, 0) is 25.0 Å². The van der Waals surface area contributed by atoms with E-state index >= 15 is 0 Å². The van der Waals surface area contributed by atoms with E-state index in [0.29, 0.717) is 5.69 Å². The molecule has 122 valence electrons. The summed E-state index contributed by atoms with van der Waals surface area (Å²) in [6.45, 7) is 0.0840. The number of sulfonamides is 1. The van der Waals surface area contributed by atoms with Crippen LogP contribution in [0.25, 0.3) is 0 Å². The normalized spacial score (nSPS) is 16.0. The molecule has 22 heavy (non-hydrogen) atoms. The van der Waals surface area contributed by atoms with Crippen molar-refractivity contribution in [1.82, 2.24) is 10.6 Å². The van der Waals surface area contributed by atoms with Gasteiger partial charge in [0.2, 0.25) is 10.0 Å². The lowest BCUT2D eigenvalue weighted by Gasteiger charge is -2.22. The van der Waals surface area contributed by atoms with Crippen LogP contribution in [0.4, 0.5) is 10.5 Å². The molecule has 3 N–H and O–H groups in total. The van der Waals surface area contributed by atoms with E-state index in [4.69, 9.17) is 0 Å². The molecule has 0 unspecified atom stereocenters. The van der Waals surface area contributed by atoms with E-state index in [1.54, 1.807) is 24.3 Å². The standard InChI is InChI=1S/C15H23N3O3S/c19-15(17-13-7-3-1-4-8-13)16-11-12-22(20,21)18-14-9-5-2-6-10-14/h2,5-6,9-10,13,18H,1,3-4,7-8,11-12H2,(H2,16,17,19). The molecule has 7 heteroatoms. The van der Waals surface area contributed by atoms with Crippen LogP contribution < -0.4 is 15.4 Å². The van der Waals surface area contributed by atoms with Crippen molar-refractivity contribution in [1.29, 1.82) is 0 Å². The van der Waals surface area contributed by atoms with Crippen LogP contribution in [0.15, 0.2) is 30.3 Å². The number of amides is 2. The summed E-state index contributed by atoms with van der Waals surface area (Å²) in [4.78, 5) is 11.7. The molecule has 0 heterocycles. The van der Waals surface area contributed by atoms with E-state index in [0.717, 1.165) is 25.7 Å². The highest BCUT2D eigenvalue weighted by molar-refractivity contribution is 7.92. The molecule has 1 aliphatic carbocycles. The molecule has 0 radical (unpaired) electrons. The maximum absolute atomic E-state index is 11.9. The van der Waals surface area contributed by atoms with Crippen molar-refractivity contribution >= 4 is 21.7 Å². The van der Waals surface area contributed by atoms with Crippen LogP contribution in [0.3, 0.4) is 0 Å². The fraction of sp³-hybridized carbons (Fsp3) is 0.533. The first-order valence-corrected chi connectivity index (χ1v) is 9.30. The van der Waals surface area contributed by atoms with Gasteiger partial charge in [-0.2, -0.15) is 0 Å². The van der Waals surface area contributed by atoms with E-state index < -0.39 is 10.0 Å². The quantitative estimate of drug-likeness (QED) is 0.748. The zero-order valence-electron chi connectivity index (χ0n) is 12.5. The summed E-state index contributed by atoms with van der Waals surface area (Å²) in [7, 11) is -3.46. The van der Waals surface area contributed by atoms with Crippen LogP contribution in [0.1, 0.15) is 32.1 Å². The zero-order chi connectivity index (χ0) is 15.8. The SMILES string of the molecule is O=C(NCCS(=O)(=O)Nc1ccccc1)NC1CCCCC1. The van der Waals surface area contributed by atoms with Crippen LogP contribution in [0.5, 0.6) is 0 Å². The van der Waals surface area contributed by atoms with Gasteiger partial charge in [0.25, 0.3) is 0 Å². The number of carbonyl (C=O) groups is 1. The maximum atomic E-state index is 11.9. The number of carbonyl (C=O) groups excluding carboxylic acids is 1. The van der Waals surface area contributed by atoms with Crippen LogP contribution >= 0.6 is 0 Å². The van der Waals surface area contributed by atoms with Crippen LogP contribution in [-0.4, -0.2) is 32.8 Å². The number of hydrogen-bond donors (Lipinski definition) is 3. The van der Waals surface area contributed by atoms with Gasteiger partial charge in [0.15, 0.2) is 0 Å². The summed E-state index contributed by atoms with van der Waals surface area (Å²) < 4.78 is 26.3. The minimum absolute atomic E-state index is 0.0840. The fourth-order valence-corrected chi connectivity index (χ4v) is 3.49. The Bertz CT molecular complexity index is 569. The van der Waals surface area contributed by atoms with Crippen molar-refractivity contribution in [2.24, 2.45) is 0 Å². The number of para-hydroxylation sites is 1. The zero-order valence-corrected chi connectivity index (χ0v) is 13.4. The predicted molar refractivity (Wildman–Crippen MR) is 87.3 cm³/mol. The highest BCUT2D eigenvalue weighted by Crippen LogP contribution is 2.17. The highest BCUT2D eigenvalue weighted by Gasteiger charge is 2.16. The Morgan fingerprint density at radius 3 is 2.45 bits per heavy atom. The largest absolute Gasteiger partial charge is 0.337 e. The topological polar surface area (TPSA) is 87.3 Å². The second-order valence-electron chi connectivity index (χ2n) is 5.52. The smallest absolute Gasteiger partial charge is 0.315 e. The molecule has 1 aromatic carbocycles. The summed E-state index contributed by atoms with van der Waals surface area (Å²) >= 11 is 0. The number of rotatable bonds is 6. The van der Waals surface area contributed by atoms with E-state index in [1.165, 1.54) is 6.42 Å². The van der Waals surface area contributed by atoms with Gasteiger partial charge in [-0.25, -0.2) is 13.2 Å². The third-order valence-electron chi connectivity index (χ3n) is 3.64. The minimum atomic E-state index is -3.46. The molecule has 0 bridgehead atoms. The van der Waals surface area contributed by atoms with E-state index in [2.05, 4.69) is 15.4 Å². The van der Waals surface area contributed by atoms with Crippen molar-refractivity contribution in [2.75, 3.05) is 17.0 Å². The Labute approximate surface area is 131 Å². The lowest BCUT2D eigenvalue weighted by Crippen LogP contribution is -2.44. The molecular formula is C15H23N3O3S. The Morgan fingerprint density at radius 1 is 1.09 bits per heavy atom. The number of benzene rings is 1. The van der Waals surface area contributed by atoms with Gasteiger partial charge in [0.1, 0.15) is 0 Å². The van der Waals surface area contributed by atoms with Gasteiger partial charge in [-0.3, -0.25) is 4.72 Å². The molecule has 1 aromatic rings. The van der Waals surface area contributed by atoms with Gasteiger partial charge < -0.3 is 10.6 Å². The molecule has 0 saturated heterocycles. The summed E-state index contributed by atoms with van der Waals surface area (Å²) in [5, 5.41) is 5.49. The van der Waals surface area contributed by atoms with E-state index in [9.17, 15) is 13.2 Å². The lowest BCUT2D eigenvalue weighted by atomic mass is 9.96. The molecule has 0 atom stereocenters. The third-order valence-corrected chi connectivity index (χ3v) is 4.93. The molecule has 1 saturated carbocycles. The van der Waals surface area contributed by atoms with Crippen molar-refractivity contribution in [2.45, 2.75) is 38.1 Å². The summed E-state index contributed by atoms with van der Waals surface area (Å²) in [6, 6.07) is 8.62. The van der Waals surface area contributed by atoms with Crippen LogP contribution in [0, 0.1) is 0 Å². The first-order chi connectivity index (χ1) is 10.6. The molecular weight excluding hydrogens is 302 g/mol. The van der Waals surface area contributed by atoms with Gasteiger partial charge in [-0.1, -0.05) is 37.5 Å². The Kier molecular flexibility index (Phi) is 6.06. The highest BCUT2D eigenvalue weighted by atomic mass is 32.2. The molecule has 0 spiro atoms. The average molecular weight is 325 g/mol.